The predicted octanol–water partition coefficient (Wildman–Crippen LogP) is 3.19. The van der Waals surface area contributed by atoms with E-state index in [1.54, 1.807) is 34.6 Å². The van der Waals surface area contributed by atoms with Crippen LogP contribution in [0, 0.1) is 11.8 Å². The van der Waals surface area contributed by atoms with Crippen molar-refractivity contribution in [2.45, 2.75) is 68.2 Å². The van der Waals surface area contributed by atoms with Gasteiger partial charge in [0.2, 0.25) is 11.8 Å². The van der Waals surface area contributed by atoms with E-state index in [9.17, 15) is 19.5 Å². The highest BCUT2D eigenvalue weighted by molar-refractivity contribution is 8.02. The number of amides is 2. The Morgan fingerprint density at radius 2 is 2.03 bits per heavy atom. The van der Waals surface area contributed by atoms with Gasteiger partial charge in [0, 0.05) is 17.3 Å². The Morgan fingerprint density at radius 3 is 2.60 bits per heavy atom. The normalized spacial score (nSPS) is 30.2. The molecule has 0 aromatic heterocycles. The lowest BCUT2D eigenvalue weighted by molar-refractivity contribution is -0.154. The molecule has 2 unspecified atom stereocenters. The van der Waals surface area contributed by atoms with Gasteiger partial charge in [0.1, 0.15) is 6.04 Å². The van der Waals surface area contributed by atoms with Gasteiger partial charge in [-0.15, -0.1) is 18.3 Å². The van der Waals surface area contributed by atoms with Gasteiger partial charge in [-0.2, -0.15) is 0 Å². The van der Waals surface area contributed by atoms with Crippen molar-refractivity contribution in [3.63, 3.8) is 0 Å². The summed E-state index contributed by atoms with van der Waals surface area (Å²) in [5.74, 6) is -2.01. The van der Waals surface area contributed by atoms with E-state index in [0.29, 0.717) is 13.0 Å². The molecule has 3 heterocycles. The number of aliphatic hydroxyl groups is 1. The van der Waals surface area contributed by atoms with Crippen LogP contribution in [-0.2, 0) is 19.1 Å². The van der Waals surface area contributed by atoms with Gasteiger partial charge in [0.15, 0.2) is 0 Å². The van der Waals surface area contributed by atoms with Crippen LogP contribution in [0.3, 0.4) is 0 Å². The van der Waals surface area contributed by atoms with Crippen molar-refractivity contribution in [2.24, 2.45) is 11.8 Å². The minimum atomic E-state index is -0.800. The average Bonchev–Trinajstić information content (AvgIpc) is 3.46. The molecule has 6 atom stereocenters. The molecule has 0 saturated carbocycles. The van der Waals surface area contributed by atoms with Crippen LogP contribution in [0.4, 0.5) is 0 Å². The highest BCUT2D eigenvalue weighted by Crippen LogP contribution is 2.67. The minimum absolute atomic E-state index is 0.0488. The smallest absolute Gasteiger partial charge is 0.310 e. The Balaban J connectivity index is 1.86. The van der Waals surface area contributed by atoms with Gasteiger partial charge in [-0.3, -0.25) is 14.4 Å². The van der Waals surface area contributed by atoms with Gasteiger partial charge in [0.05, 0.1) is 35.8 Å². The van der Waals surface area contributed by atoms with E-state index in [0.717, 1.165) is 12.0 Å². The molecule has 0 radical (unpaired) electrons. The number of ether oxygens (including phenoxy) is 1. The number of nitrogens with zero attached hydrogens (tertiary/aromatic N) is 2. The highest BCUT2D eigenvalue weighted by atomic mass is 32.2. The largest absolute Gasteiger partial charge is 0.466 e. The molecule has 3 fully saturated rings. The first kappa shape index (κ1) is 25.8. The number of hydrogen-bond acceptors (Lipinski definition) is 6. The third kappa shape index (κ3) is 4.08. The van der Waals surface area contributed by atoms with E-state index < -0.39 is 34.2 Å². The molecule has 7 nitrogen and oxygen atoms in total. The zero-order chi connectivity index (χ0) is 25.5. The molecule has 8 heteroatoms. The molecular weight excluding hydrogens is 464 g/mol. The Bertz CT molecular complexity index is 993. The summed E-state index contributed by atoms with van der Waals surface area (Å²) in [5.41, 5.74) is 0.258. The van der Waals surface area contributed by atoms with Crippen LogP contribution in [-0.4, -0.2) is 74.0 Å². The molecule has 3 aliphatic heterocycles. The van der Waals surface area contributed by atoms with Crippen LogP contribution in [0.1, 0.15) is 52.1 Å². The number of carbonyl (C=O) groups excluding carboxylic acids is 3. The number of benzene rings is 1. The van der Waals surface area contributed by atoms with Crippen LogP contribution in [0.15, 0.2) is 43.0 Å². The average molecular weight is 501 g/mol. The van der Waals surface area contributed by atoms with Crippen LogP contribution in [0.2, 0.25) is 0 Å². The molecule has 1 aromatic carbocycles. The first-order valence-corrected chi connectivity index (χ1v) is 13.2. The van der Waals surface area contributed by atoms with Crippen molar-refractivity contribution in [3.05, 3.63) is 48.6 Å². The number of rotatable bonds is 8. The maximum absolute atomic E-state index is 14.4. The zero-order valence-electron chi connectivity index (χ0n) is 21.0. The number of fused-ring (bicyclic) bond motifs is 1. The van der Waals surface area contributed by atoms with Gasteiger partial charge in [-0.05, 0) is 46.1 Å². The van der Waals surface area contributed by atoms with Crippen molar-refractivity contribution >= 4 is 29.5 Å². The lowest BCUT2D eigenvalue weighted by Crippen LogP contribution is -2.59. The summed E-state index contributed by atoms with van der Waals surface area (Å²) in [6.45, 7) is 11.8. The molecular formula is C27H36N2O5S. The Morgan fingerprint density at radius 1 is 1.34 bits per heavy atom. The van der Waals surface area contributed by atoms with Gasteiger partial charge in [-0.25, -0.2) is 0 Å². The number of thioether (sulfide) groups is 1. The lowest BCUT2D eigenvalue weighted by atomic mass is 9.71. The van der Waals surface area contributed by atoms with Gasteiger partial charge >= 0.3 is 5.97 Å². The van der Waals surface area contributed by atoms with Crippen LogP contribution in [0.5, 0.6) is 0 Å². The molecule has 2 amide bonds. The summed E-state index contributed by atoms with van der Waals surface area (Å²) in [6.07, 6.45) is 3.11. The topological polar surface area (TPSA) is 87.2 Å². The fraction of sp³-hybridized carbons (Fsp3) is 0.593. The van der Waals surface area contributed by atoms with E-state index in [-0.39, 0.29) is 36.2 Å². The SMILES string of the molecule is C=CCN(C(=O)C1N([C@H](CO)c2ccccc2)C(=O)[C@@H]2[C@@H](C(=O)OCC)[C@H]3CCC12S3)C(C)(C)C. The number of carbonyl (C=O) groups is 3. The maximum atomic E-state index is 14.4. The fourth-order valence-corrected chi connectivity index (χ4v) is 8.40. The van der Waals surface area contributed by atoms with Crippen LogP contribution >= 0.6 is 11.8 Å². The van der Waals surface area contributed by atoms with Gasteiger partial charge < -0.3 is 19.6 Å². The third-order valence-electron chi connectivity index (χ3n) is 7.61. The Hall–Kier alpha value is -2.32. The number of likely N-dealkylation sites (tertiary alicyclic amines) is 1. The maximum Gasteiger partial charge on any atom is 0.310 e. The minimum Gasteiger partial charge on any atom is -0.466 e. The second kappa shape index (κ2) is 9.62. The van der Waals surface area contributed by atoms with Gasteiger partial charge in [-0.1, -0.05) is 36.4 Å². The first-order valence-electron chi connectivity index (χ1n) is 12.4. The standard InChI is InChI=1S/C27H36N2O5S/c1-6-15-28(26(3,4)5)24(32)22-27-14-13-19(35-27)20(25(33)34-7-2)21(27)23(31)29(22)18(16-30)17-11-9-8-10-12-17/h6,8-12,18-22,30H,1,7,13-16H2,2-5H3/t18-,19-,20+,21+,22?,27?/m1/s1. The number of hydrogen-bond donors (Lipinski definition) is 1. The summed E-state index contributed by atoms with van der Waals surface area (Å²) in [5, 5.41) is 10.5. The van der Waals surface area contributed by atoms with Gasteiger partial charge in [0.25, 0.3) is 0 Å². The third-order valence-corrected chi connectivity index (χ3v) is 9.56. The van der Waals surface area contributed by atoms with E-state index in [1.807, 2.05) is 51.1 Å². The van der Waals surface area contributed by atoms with E-state index in [2.05, 4.69) is 6.58 Å². The van der Waals surface area contributed by atoms with E-state index in [1.165, 1.54) is 0 Å². The summed E-state index contributed by atoms with van der Waals surface area (Å²) in [4.78, 5) is 45.0. The number of aliphatic hydroxyl groups excluding tert-OH is 1. The number of esters is 1. The molecule has 3 saturated heterocycles. The molecule has 1 aromatic rings. The highest BCUT2D eigenvalue weighted by Gasteiger charge is 2.75. The van der Waals surface area contributed by atoms with Crippen LogP contribution < -0.4 is 0 Å². The lowest BCUT2D eigenvalue weighted by Gasteiger charge is -2.43. The fourth-order valence-electron chi connectivity index (χ4n) is 6.21. The molecule has 3 aliphatic rings. The van der Waals surface area contributed by atoms with Crippen molar-refractivity contribution < 1.29 is 24.2 Å². The molecule has 4 rings (SSSR count). The van der Waals surface area contributed by atoms with Crippen molar-refractivity contribution in [2.75, 3.05) is 19.8 Å². The zero-order valence-corrected chi connectivity index (χ0v) is 21.8. The monoisotopic (exact) mass is 500 g/mol. The summed E-state index contributed by atoms with van der Waals surface area (Å²) < 4.78 is 4.66. The molecule has 1 spiro atoms. The summed E-state index contributed by atoms with van der Waals surface area (Å²) in [6, 6.07) is 7.82. The Kier molecular flexibility index (Phi) is 7.08. The molecule has 0 aliphatic carbocycles. The molecule has 35 heavy (non-hydrogen) atoms. The second-order valence-corrected chi connectivity index (χ2v) is 12.2. The first-order chi connectivity index (χ1) is 16.6. The van der Waals surface area contributed by atoms with E-state index in [4.69, 9.17) is 4.74 Å². The molecule has 2 bridgehead atoms. The Labute approximate surface area is 211 Å². The molecule has 190 valence electrons. The van der Waals surface area contributed by atoms with Crippen molar-refractivity contribution in [1.82, 2.24) is 9.80 Å². The summed E-state index contributed by atoms with van der Waals surface area (Å²) >= 11 is 1.61. The second-order valence-electron chi connectivity index (χ2n) is 10.6. The molecule has 1 N–H and O–H groups in total. The quantitative estimate of drug-likeness (QED) is 0.436. The van der Waals surface area contributed by atoms with Crippen molar-refractivity contribution in [1.29, 1.82) is 0 Å². The van der Waals surface area contributed by atoms with Crippen LogP contribution in [0.25, 0.3) is 0 Å². The van der Waals surface area contributed by atoms with E-state index >= 15 is 0 Å². The predicted molar refractivity (Wildman–Crippen MR) is 136 cm³/mol. The van der Waals surface area contributed by atoms with Crippen molar-refractivity contribution in [3.8, 4) is 0 Å². The summed E-state index contributed by atoms with van der Waals surface area (Å²) in [7, 11) is 0.